The number of nitrogens with zero attached hydrogens (tertiary/aromatic N) is 5. The van der Waals surface area contributed by atoms with E-state index in [0.717, 1.165) is 38.4 Å². The van der Waals surface area contributed by atoms with E-state index in [-0.39, 0.29) is 41.7 Å². The standard InChI is InChI=1S/C35H46N6O7S/c1-21(2)47-32-29-27(16-28(31(42)38-49(6,45)46)36-30(29)41(37-32)26-10-8-7-9-11-26)22-12-14-23(15-13-22)33(43)39-17-24-19-40(20-25(24)18-39)34(44)48-35(3,4)5/h12-16,21,24-26H,7-11,17-20H2,1-6H3,(H,38,42). The van der Waals surface area contributed by atoms with Crippen molar-refractivity contribution in [1.29, 1.82) is 0 Å². The minimum atomic E-state index is -3.84. The Hall–Kier alpha value is -4.20. The molecule has 0 spiro atoms. The van der Waals surface area contributed by atoms with Crippen molar-refractivity contribution in [2.45, 2.75) is 84.5 Å². The summed E-state index contributed by atoms with van der Waals surface area (Å²) in [6.07, 6.45) is 5.46. The minimum Gasteiger partial charge on any atom is -0.473 e. The van der Waals surface area contributed by atoms with Crippen LogP contribution in [0.5, 0.6) is 5.88 Å². The van der Waals surface area contributed by atoms with E-state index in [4.69, 9.17) is 14.6 Å². The Labute approximate surface area is 287 Å². The van der Waals surface area contributed by atoms with Gasteiger partial charge in [-0.1, -0.05) is 31.4 Å². The van der Waals surface area contributed by atoms with Crippen LogP contribution < -0.4 is 9.46 Å². The first-order valence-electron chi connectivity index (χ1n) is 17.1. The Bertz CT molecular complexity index is 1850. The van der Waals surface area contributed by atoms with Crippen LogP contribution in [0.25, 0.3) is 22.2 Å². The molecule has 2 atom stereocenters. The minimum absolute atomic E-state index is 0.0606. The normalized spacial score (nSPS) is 20.1. The number of ether oxygens (including phenoxy) is 2. The Morgan fingerprint density at radius 3 is 2.12 bits per heavy atom. The largest absolute Gasteiger partial charge is 0.473 e. The number of rotatable bonds is 7. The number of pyridine rings is 1. The van der Waals surface area contributed by atoms with Crippen LogP contribution >= 0.6 is 0 Å². The van der Waals surface area contributed by atoms with Crippen molar-refractivity contribution in [3.8, 4) is 17.0 Å². The number of nitrogens with one attached hydrogen (secondary N) is 1. The first-order valence-corrected chi connectivity index (χ1v) is 18.9. The smallest absolute Gasteiger partial charge is 0.410 e. The van der Waals surface area contributed by atoms with Gasteiger partial charge in [-0.3, -0.25) is 9.59 Å². The van der Waals surface area contributed by atoms with Gasteiger partial charge in [0.2, 0.25) is 15.9 Å². The molecule has 3 fully saturated rings. The molecule has 3 amide bonds. The summed E-state index contributed by atoms with van der Waals surface area (Å²) in [6, 6.07) is 8.77. The molecule has 49 heavy (non-hydrogen) atoms. The molecule has 1 N–H and O–H groups in total. The van der Waals surface area contributed by atoms with Crippen molar-refractivity contribution in [2.24, 2.45) is 11.8 Å². The van der Waals surface area contributed by atoms with Gasteiger partial charge in [0.15, 0.2) is 5.65 Å². The molecule has 1 aliphatic carbocycles. The summed E-state index contributed by atoms with van der Waals surface area (Å²) in [7, 11) is -3.84. The monoisotopic (exact) mass is 694 g/mol. The molecule has 2 unspecified atom stereocenters. The van der Waals surface area contributed by atoms with Crippen LogP contribution in [0, 0.1) is 11.8 Å². The zero-order chi connectivity index (χ0) is 35.2. The molecule has 2 aliphatic heterocycles. The average Bonchev–Trinajstić information content (AvgIpc) is 3.71. The molecule has 3 aromatic rings. The molecular weight excluding hydrogens is 648 g/mol. The fourth-order valence-electron chi connectivity index (χ4n) is 7.16. The van der Waals surface area contributed by atoms with Gasteiger partial charge in [0, 0.05) is 49.1 Å². The lowest BCUT2D eigenvalue weighted by Crippen LogP contribution is -2.38. The van der Waals surface area contributed by atoms with Crippen molar-refractivity contribution in [3.63, 3.8) is 0 Å². The molecule has 264 valence electrons. The summed E-state index contributed by atoms with van der Waals surface area (Å²) in [4.78, 5) is 47.6. The quantitative estimate of drug-likeness (QED) is 0.359. The predicted octanol–water partition coefficient (Wildman–Crippen LogP) is 5.02. The Morgan fingerprint density at radius 2 is 1.55 bits per heavy atom. The highest BCUT2D eigenvalue weighted by molar-refractivity contribution is 7.89. The van der Waals surface area contributed by atoms with Crippen LogP contribution in [0.2, 0.25) is 0 Å². The van der Waals surface area contributed by atoms with E-state index >= 15 is 0 Å². The first-order chi connectivity index (χ1) is 23.1. The highest BCUT2D eigenvalue weighted by Crippen LogP contribution is 2.40. The molecule has 1 aromatic carbocycles. The number of sulfonamides is 1. The van der Waals surface area contributed by atoms with E-state index in [1.165, 1.54) is 0 Å². The van der Waals surface area contributed by atoms with E-state index in [0.29, 0.717) is 59.8 Å². The fraction of sp³-hybridized carbons (Fsp3) is 0.571. The van der Waals surface area contributed by atoms with Crippen molar-refractivity contribution in [1.82, 2.24) is 29.3 Å². The molecule has 1 saturated carbocycles. The number of carbonyl (C=O) groups excluding carboxylic acids is 3. The average molecular weight is 695 g/mol. The number of hydrogen-bond donors (Lipinski definition) is 1. The maximum atomic E-state index is 13.6. The number of carbonyl (C=O) groups is 3. The summed E-state index contributed by atoms with van der Waals surface area (Å²) < 4.78 is 39.6. The Balaban J connectivity index is 1.30. The molecule has 0 bridgehead atoms. The Kier molecular flexibility index (Phi) is 9.38. The molecule has 2 aromatic heterocycles. The maximum absolute atomic E-state index is 13.6. The van der Waals surface area contributed by atoms with Gasteiger partial charge in [-0.15, -0.1) is 5.10 Å². The highest BCUT2D eigenvalue weighted by Gasteiger charge is 2.44. The molecule has 4 heterocycles. The van der Waals surface area contributed by atoms with Gasteiger partial charge in [-0.2, -0.15) is 0 Å². The third-order valence-corrected chi connectivity index (χ3v) is 9.83. The summed E-state index contributed by atoms with van der Waals surface area (Å²) in [6.45, 7) is 11.6. The zero-order valence-corrected chi connectivity index (χ0v) is 29.9. The molecule has 13 nitrogen and oxygen atoms in total. The van der Waals surface area contributed by atoms with Crippen LogP contribution in [0.4, 0.5) is 4.79 Å². The molecule has 2 saturated heterocycles. The number of hydrogen-bond acceptors (Lipinski definition) is 9. The van der Waals surface area contributed by atoms with Crippen molar-refractivity contribution in [3.05, 3.63) is 41.6 Å². The van der Waals surface area contributed by atoms with Crippen LogP contribution in [0.1, 0.15) is 93.6 Å². The van der Waals surface area contributed by atoms with Crippen molar-refractivity contribution >= 4 is 39.0 Å². The van der Waals surface area contributed by atoms with Crippen LogP contribution in [0.15, 0.2) is 30.3 Å². The van der Waals surface area contributed by atoms with E-state index in [1.807, 2.05) is 61.1 Å². The number of fused-ring (bicyclic) bond motifs is 2. The third kappa shape index (κ3) is 7.68. The SMILES string of the molecule is CC(C)Oc1nn(C2CCCCC2)c2nc(C(=O)NS(C)(=O)=O)cc(-c3ccc(C(=O)N4CC5CN(C(=O)OC(C)(C)C)CC5C4)cc3)c12. The van der Waals surface area contributed by atoms with Gasteiger partial charge in [-0.05, 0) is 71.2 Å². The van der Waals surface area contributed by atoms with Gasteiger partial charge in [-0.25, -0.2) is 27.6 Å². The molecule has 6 rings (SSSR count). The summed E-state index contributed by atoms with van der Waals surface area (Å²) in [5.74, 6) is -0.163. The lowest BCUT2D eigenvalue weighted by atomic mass is 9.95. The van der Waals surface area contributed by atoms with Gasteiger partial charge in [0.1, 0.15) is 11.3 Å². The summed E-state index contributed by atoms with van der Waals surface area (Å²) >= 11 is 0. The molecule has 14 heteroatoms. The van der Waals surface area contributed by atoms with E-state index in [2.05, 4.69) is 4.98 Å². The number of likely N-dealkylation sites (tertiary alicyclic amines) is 2. The zero-order valence-electron chi connectivity index (χ0n) is 29.1. The second-order valence-corrected chi connectivity index (χ2v) is 16.6. The van der Waals surface area contributed by atoms with E-state index in [1.54, 1.807) is 23.1 Å². The Morgan fingerprint density at radius 1 is 0.939 bits per heavy atom. The number of benzene rings is 1. The maximum Gasteiger partial charge on any atom is 0.410 e. The van der Waals surface area contributed by atoms with Crippen LogP contribution in [-0.4, -0.2) is 95.0 Å². The predicted molar refractivity (Wildman–Crippen MR) is 184 cm³/mol. The lowest BCUT2D eigenvalue weighted by Gasteiger charge is -2.26. The second-order valence-electron chi connectivity index (χ2n) is 14.9. The first kappa shape index (κ1) is 34.7. The highest BCUT2D eigenvalue weighted by atomic mass is 32.2. The molecular formula is C35H46N6O7S. The summed E-state index contributed by atoms with van der Waals surface area (Å²) in [5, 5.41) is 5.48. The third-order valence-electron chi connectivity index (χ3n) is 9.28. The van der Waals surface area contributed by atoms with Gasteiger partial charge in [0.05, 0.1) is 23.8 Å². The molecule has 0 radical (unpaired) electrons. The van der Waals surface area contributed by atoms with Gasteiger partial charge >= 0.3 is 6.09 Å². The van der Waals surface area contributed by atoms with E-state index in [9.17, 15) is 22.8 Å². The van der Waals surface area contributed by atoms with Crippen molar-refractivity contribution < 1.29 is 32.3 Å². The molecule has 3 aliphatic rings. The van der Waals surface area contributed by atoms with Crippen LogP contribution in [0.3, 0.4) is 0 Å². The number of amides is 3. The van der Waals surface area contributed by atoms with E-state index < -0.39 is 21.5 Å². The van der Waals surface area contributed by atoms with Crippen molar-refractivity contribution in [2.75, 3.05) is 32.4 Å². The topological polar surface area (TPSA) is 153 Å². The fourth-order valence-corrected chi connectivity index (χ4v) is 7.60. The summed E-state index contributed by atoms with van der Waals surface area (Å²) in [5.41, 5.74) is 1.63. The lowest BCUT2D eigenvalue weighted by molar-refractivity contribution is 0.0275. The van der Waals surface area contributed by atoms with Crippen LogP contribution in [-0.2, 0) is 14.8 Å². The number of aromatic nitrogens is 3. The second kappa shape index (κ2) is 13.3. The van der Waals surface area contributed by atoms with Gasteiger partial charge in [0.25, 0.3) is 11.8 Å². The van der Waals surface area contributed by atoms with Gasteiger partial charge < -0.3 is 19.3 Å².